The molecule has 0 aromatic heterocycles. The first-order valence-corrected chi connectivity index (χ1v) is 6.39. The summed E-state index contributed by atoms with van der Waals surface area (Å²) in [4.78, 5) is 1.38. The van der Waals surface area contributed by atoms with Gasteiger partial charge >= 0.3 is 0 Å². The predicted octanol–water partition coefficient (Wildman–Crippen LogP) is 3.45. The monoisotopic (exact) mass is 198 g/mol. The third-order valence-electron chi connectivity index (χ3n) is 1.58. The number of aryl methyl sites for hydroxylation is 1. The highest BCUT2D eigenvalue weighted by Gasteiger charge is 1.91. The molecule has 0 saturated carbocycles. The quantitative estimate of drug-likeness (QED) is 0.537. The van der Waals surface area contributed by atoms with Crippen LogP contribution in [0.25, 0.3) is 0 Å². The number of benzene rings is 1. The van der Waals surface area contributed by atoms with Crippen LogP contribution in [0.15, 0.2) is 29.2 Å². The van der Waals surface area contributed by atoms with Gasteiger partial charge in [-0.3, -0.25) is 0 Å². The molecule has 0 saturated heterocycles. The molecule has 0 bridgehead atoms. The first kappa shape index (κ1) is 10.0. The summed E-state index contributed by atoms with van der Waals surface area (Å²) in [7, 11) is 0. The molecule has 0 spiro atoms. The van der Waals surface area contributed by atoms with Crippen molar-refractivity contribution in [3.63, 3.8) is 0 Å². The molecule has 1 aromatic carbocycles. The molecule has 0 N–H and O–H groups in total. The van der Waals surface area contributed by atoms with Crippen molar-refractivity contribution in [1.82, 2.24) is 0 Å². The lowest BCUT2D eigenvalue weighted by atomic mass is 10.2. The zero-order valence-electron chi connectivity index (χ0n) is 7.54. The lowest BCUT2D eigenvalue weighted by Gasteiger charge is -1.99. The fraction of sp³-hybridized carbons (Fsp3) is 0.400. The lowest BCUT2D eigenvalue weighted by molar-refractivity contribution is 1.37. The van der Waals surface area contributed by atoms with Crippen molar-refractivity contribution < 1.29 is 0 Å². The fourth-order valence-corrected chi connectivity index (χ4v) is 2.44. The van der Waals surface area contributed by atoms with E-state index in [0.717, 1.165) is 0 Å². The van der Waals surface area contributed by atoms with Crippen LogP contribution in [-0.2, 0) is 0 Å². The minimum Gasteiger partial charge on any atom is -0.165 e. The van der Waals surface area contributed by atoms with E-state index in [1.165, 1.54) is 22.0 Å². The van der Waals surface area contributed by atoms with Gasteiger partial charge in [-0.25, -0.2) is 0 Å². The van der Waals surface area contributed by atoms with Crippen LogP contribution in [0.3, 0.4) is 0 Å². The Hall–Kier alpha value is -0.0800. The summed E-state index contributed by atoms with van der Waals surface area (Å²) in [6, 6.07) is 8.73. The SMILES string of the molecule is CSCCSc1ccc(C)cc1. The number of rotatable bonds is 4. The van der Waals surface area contributed by atoms with Crippen molar-refractivity contribution in [2.24, 2.45) is 0 Å². The topological polar surface area (TPSA) is 0 Å². The standard InChI is InChI=1S/C10H14S2/c1-9-3-5-10(6-4-9)12-8-7-11-2/h3-6H,7-8H2,1-2H3. The van der Waals surface area contributed by atoms with E-state index in [4.69, 9.17) is 0 Å². The molecule has 0 unspecified atom stereocenters. The van der Waals surface area contributed by atoms with Crippen LogP contribution in [0.1, 0.15) is 5.56 Å². The van der Waals surface area contributed by atoms with E-state index in [0.29, 0.717) is 0 Å². The van der Waals surface area contributed by atoms with Crippen LogP contribution >= 0.6 is 23.5 Å². The summed E-state index contributed by atoms with van der Waals surface area (Å²) in [5.74, 6) is 2.45. The molecule has 0 nitrogen and oxygen atoms in total. The highest BCUT2D eigenvalue weighted by Crippen LogP contribution is 2.18. The molecule has 0 radical (unpaired) electrons. The maximum atomic E-state index is 2.19. The van der Waals surface area contributed by atoms with Crippen molar-refractivity contribution >= 4 is 23.5 Å². The molecule has 0 aliphatic rings. The largest absolute Gasteiger partial charge is 0.165 e. The van der Waals surface area contributed by atoms with E-state index in [1.54, 1.807) is 0 Å². The van der Waals surface area contributed by atoms with Gasteiger partial charge in [0.05, 0.1) is 0 Å². The Balaban J connectivity index is 2.37. The molecule has 66 valence electrons. The summed E-state index contributed by atoms with van der Waals surface area (Å²) < 4.78 is 0. The van der Waals surface area contributed by atoms with Crippen molar-refractivity contribution in [3.8, 4) is 0 Å². The van der Waals surface area contributed by atoms with Gasteiger partial charge in [0.15, 0.2) is 0 Å². The molecule has 1 aromatic rings. The Morgan fingerprint density at radius 2 is 1.75 bits per heavy atom. The summed E-state index contributed by atoms with van der Waals surface area (Å²) in [5.41, 5.74) is 1.34. The molecule has 0 atom stereocenters. The van der Waals surface area contributed by atoms with Gasteiger partial charge < -0.3 is 0 Å². The Bertz CT molecular complexity index is 216. The van der Waals surface area contributed by atoms with E-state index >= 15 is 0 Å². The Morgan fingerprint density at radius 1 is 1.08 bits per heavy atom. The second-order valence-electron chi connectivity index (χ2n) is 2.65. The molecule has 0 fully saturated rings. The highest BCUT2D eigenvalue weighted by molar-refractivity contribution is 8.02. The third kappa shape index (κ3) is 3.55. The van der Waals surface area contributed by atoms with Crippen LogP contribution in [0.4, 0.5) is 0 Å². The first-order valence-electron chi connectivity index (χ1n) is 4.01. The highest BCUT2D eigenvalue weighted by atomic mass is 32.2. The molecule has 1 rings (SSSR count). The van der Waals surface area contributed by atoms with Crippen molar-refractivity contribution in [2.45, 2.75) is 11.8 Å². The van der Waals surface area contributed by atoms with E-state index in [1.807, 2.05) is 23.5 Å². The average Bonchev–Trinajstić information content (AvgIpc) is 2.09. The van der Waals surface area contributed by atoms with Gasteiger partial charge in [0, 0.05) is 16.4 Å². The van der Waals surface area contributed by atoms with Crippen molar-refractivity contribution in [3.05, 3.63) is 29.8 Å². The molecular weight excluding hydrogens is 184 g/mol. The molecule has 0 aliphatic carbocycles. The van der Waals surface area contributed by atoms with Gasteiger partial charge in [-0.2, -0.15) is 11.8 Å². The second kappa shape index (κ2) is 5.55. The van der Waals surface area contributed by atoms with E-state index in [2.05, 4.69) is 37.4 Å². The number of thioether (sulfide) groups is 2. The maximum Gasteiger partial charge on any atom is 0.00724 e. The van der Waals surface area contributed by atoms with Gasteiger partial charge in [-0.05, 0) is 25.3 Å². The van der Waals surface area contributed by atoms with Gasteiger partial charge in [0.2, 0.25) is 0 Å². The van der Waals surface area contributed by atoms with E-state index in [-0.39, 0.29) is 0 Å². The molecule has 0 amide bonds. The van der Waals surface area contributed by atoms with Crippen LogP contribution in [0.5, 0.6) is 0 Å². The van der Waals surface area contributed by atoms with Gasteiger partial charge in [0.1, 0.15) is 0 Å². The normalized spacial score (nSPS) is 10.2. The average molecular weight is 198 g/mol. The van der Waals surface area contributed by atoms with Crippen LogP contribution < -0.4 is 0 Å². The van der Waals surface area contributed by atoms with E-state index < -0.39 is 0 Å². The maximum absolute atomic E-state index is 2.19. The van der Waals surface area contributed by atoms with Crippen molar-refractivity contribution in [1.29, 1.82) is 0 Å². The molecule has 12 heavy (non-hydrogen) atoms. The molecule has 2 heteroatoms. The number of hydrogen-bond donors (Lipinski definition) is 0. The van der Waals surface area contributed by atoms with Gasteiger partial charge in [-0.1, -0.05) is 17.7 Å². The Kier molecular flexibility index (Phi) is 4.62. The first-order chi connectivity index (χ1) is 5.83. The van der Waals surface area contributed by atoms with Gasteiger partial charge in [-0.15, -0.1) is 11.8 Å². The van der Waals surface area contributed by atoms with Crippen LogP contribution in [0, 0.1) is 6.92 Å². The molecule has 0 aliphatic heterocycles. The Morgan fingerprint density at radius 3 is 2.33 bits per heavy atom. The summed E-state index contributed by atoms with van der Waals surface area (Å²) in [5, 5.41) is 0. The summed E-state index contributed by atoms with van der Waals surface area (Å²) in [6.45, 7) is 2.12. The van der Waals surface area contributed by atoms with E-state index in [9.17, 15) is 0 Å². The minimum absolute atomic E-state index is 1.21. The Labute approximate surface area is 83.1 Å². The van der Waals surface area contributed by atoms with Crippen LogP contribution in [0.2, 0.25) is 0 Å². The molecule has 0 heterocycles. The summed E-state index contributed by atoms with van der Waals surface area (Å²) >= 11 is 3.84. The van der Waals surface area contributed by atoms with Gasteiger partial charge in [0.25, 0.3) is 0 Å². The number of hydrogen-bond acceptors (Lipinski definition) is 2. The van der Waals surface area contributed by atoms with Crippen molar-refractivity contribution in [2.75, 3.05) is 17.8 Å². The predicted molar refractivity (Wildman–Crippen MR) is 60.3 cm³/mol. The molecular formula is C10H14S2. The smallest absolute Gasteiger partial charge is 0.00724 e. The lowest BCUT2D eigenvalue weighted by Crippen LogP contribution is -1.82. The van der Waals surface area contributed by atoms with Crippen LogP contribution in [-0.4, -0.2) is 17.8 Å². The zero-order valence-corrected chi connectivity index (χ0v) is 9.17. The zero-order chi connectivity index (χ0) is 8.81. The summed E-state index contributed by atoms with van der Waals surface area (Å²) in [6.07, 6.45) is 2.15. The fourth-order valence-electron chi connectivity index (χ4n) is 0.877. The second-order valence-corrected chi connectivity index (χ2v) is 4.81. The third-order valence-corrected chi connectivity index (χ3v) is 3.46. The minimum atomic E-state index is 1.21.